The number of phenolic OH excluding ortho intramolecular Hbond substituents is 1. The summed E-state index contributed by atoms with van der Waals surface area (Å²) in [6, 6.07) is 3.04. The molecule has 0 radical (unpaired) electrons. The minimum atomic E-state index is -1.03. The third kappa shape index (κ3) is 1.85. The van der Waals surface area contributed by atoms with Crippen LogP contribution in [0.3, 0.4) is 0 Å². The molecule has 1 aromatic rings. The number of fused-ring (bicyclic) bond motifs is 2. The summed E-state index contributed by atoms with van der Waals surface area (Å²) < 4.78 is 13.0. The molecule has 6 heteroatoms. The number of hydrogen-bond acceptors (Lipinski definition) is 6. The van der Waals surface area contributed by atoms with Crippen LogP contribution >= 0.6 is 0 Å². The lowest BCUT2D eigenvalue weighted by atomic mass is 9.33. The topological polar surface area (TPSA) is 88.0 Å². The summed E-state index contributed by atoms with van der Waals surface area (Å²) in [6.45, 7) is 8.83. The molecule has 4 bridgehead atoms. The van der Waals surface area contributed by atoms with Gasteiger partial charge in [0, 0.05) is 35.0 Å². The van der Waals surface area contributed by atoms with Crippen LogP contribution in [-0.2, 0) is 10.2 Å². The number of methoxy groups -OCH3 is 1. The van der Waals surface area contributed by atoms with Crippen molar-refractivity contribution < 1.29 is 24.5 Å². The first-order chi connectivity index (χ1) is 14.5. The Hall–Kier alpha value is -1.63. The maximum atomic E-state index is 13.8. The van der Waals surface area contributed by atoms with Gasteiger partial charge in [-0.05, 0) is 56.7 Å². The van der Waals surface area contributed by atoms with Crippen LogP contribution in [0.2, 0.25) is 0 Å². The number of benzene rings is 1. The van der Waals surface area contributed by atoms with Gasteiger partial charge in [-0.3, -0.25) is 4.79 Å². The van der Waals surface area contributed by atoms with Crippen LogP contribution in [-0.4, -0.2) is 53.0 Å². The Labute approximate surface area is 183 Å². The van der Waals surface area contributed by atoms with Gasteiger partial charge in [-0.15, -0.1) is 0 Å². The molecule has 4 aliphatic carbocycles. The Morgan fingerprint density at radius 3 is 2.61 bits per heavy atom. The Kier molecular flexibility index (Phi) is 3.53. The predicted octanol–water partition coefficient (Wildman–Crippen LogP) is 2.93. The highest BCUT2D eigenvalue weighted by Gasteiger charge is 2.82. The van der Waals surface area contributed by atoms with Gasteiger partial charge in [0.05, 0.1) is 11.6 Å². The van der Waals surface area contributed by atoms with Gasteiger partial charge in [0.25, 0.3) is 0 Å². The number of rotatable bonds is 2. The van der Waals surface area contributed by atoms with E-state index in [1.807, 2.05) is 6.92 Å². The van der Waals surface area contributed by atoms with Gasteiger partial charge >= 0.3 is 0 Å². The van der Waals surface area contributed by atoms with Crippen LogP contribution < -0.4 is 10.1 Å². The fourth-order valence-electron chi connectivity index (χ4n) is 8.35. The molecule has 3 N–H and O–H groups in total. The highest BCUT2D eigenvalue weighted by Crippen LogP contribution is 2.77. The van der Waals surface area contributed by atoms with E-state index in [-0.39, 0.29) is 45.8 Å². The second kappa shape index (κ2) is 5.46. The SMILES string of the molecule is CO[C@]12CC[C@@]3(C[C@@H]1[C@@](C)(O)C(C)(C)C)[C@@H]1NCC[C@@]34c3c(ccc(O)c3O[C@@H]24)C1=O. The Morgan fingerprint density at radius 2 is 1.94 bits per heavy atom. The van der Waals surface area contributed by atoms with E-state index in [0.717, 1.165) is 31.4 Å². The molecule has 1 saturated heterocycles. The van der Waals surface area contributed by atoms with Crippen LogP contribution in [0.25, 0.3) is 0 Å². The average molecular weight is 428 g/mol. The van der Waals surface area contributed by atoms with Gasteiger partial charge in [-0.25, -0.2) is 0 Å². The molecule has 31 heavy (non-hydrogen) atoms. The molecular formula is C25H33NO5. The molecule has 7 atom stereocenters. The third-order valence-electron chi connectivity index (χ3n) is 10.2. The molecule has 4 fully saturated rings. The molecule has 6 aliphatic rings. The zero-order valence-electron chi connectivity index (χ0n) is 19.0. The lowest BCUT2D eigenvalue weighted by Gasteiger charge is -2.73. The number of hydrogen-bond donors (Lipinski definition) is 3. The van der Waals surface area contributed by atoms with Gasteiger partial charge < -0.3 is 25.0 Å². The molecule has 2 spiro atoms. The van der Waals surface area contributed by atoms with Gasteiger partial charge in [-0.2, -0.15) is 0 Å². The summed E-state index contributed by atoms with van der Waals surface area (Å²) in [7, 11) is 1.74. The summed E-state index contributed by atoms with van der Waals surface area (Å²) in [4.78, 5) is 13.8. The largest absolute Gasteiger partial charge is 0.504 e. The van der Waals surface area contributed by atoms with Crippen LogP contribution in [0.15, 0.2) is 12.1 Å². The maximum Gasteiger partial charge on any atom is 0.180 e. The quantitative estimate of drug-likeness (QED) is 0.673. The molecule has 3 saturated carbocycles. The van der Waals surface area contributed by atoms with Crippen LogP contribution in [0.5, 0.6) is 11.5 Å². The smallest absolute Gasteiger partial charge is 0.180 e. The number of ketones is 1. The van der Waals surface area contributed by atoms with Crippen LogP contribution in [0.4, 0.5) is 0 Å². The van der Waals surface area contributed by atoms with E-state index in [2.05, 4.69) is 26.1 Å². The summed E-state index contributed by atoms with van der Waals surface area (Å²) >= 11 is 0. The monoisotopic (exact) mass is 427 g/mol. The van der Waals surface area contributed by atoms with Crippen molar-refractivity contribution >= 4 is 5.78 Å². The van der Waals surface area contributed by atoms with E-state index < -0.39 is 11.2 Å². The second-order valence-electron chi connectivity index (χ2n) is 11.8. The van der Waals surface area contributed by atoms with Crippen molar-refractivity contribution in [1.29, 1.82) is 0 Å². The predicted molar refractivity (Wildman–Crippen MR) is 115 cm³/mol. The van der Waals surface area contributed by atoms with Crippen LogP contribution in [0.1, 0.15) is 69.3 Å². The first-order valence-corrected chi connectivity index (χ1v) is 11.6. The molecule has 0 amide bonds. The first kappa shape index (κ1) is 20.0. The Balaban J connectivity index is 1.68. The van der Waals surface area contributed by atoms with E-state index in [9.17, 15) is 15.0 Å². The van der Waals surface area contributed by atoms with E-state index in [1.165, 1.54) is 0 Å². The van der Waals surface area contributed by atoms with E-state index in [0.29, 0.717) is 17.7 Å². The number of Topliss-reactive ketones (excluding diaryl/α,β-unsaturated/α-hetero) is 1. The number of phenols is 1. The van der Waals surface area contributed by atoms with Crippen molar-refractivity contribution in [3.8, 4) is 11.5 Å². The fraction of sp³-hybridized carbons (Fsp3) is 0.720. The van der Waals surface area contributed by atoms with Gasteiger partial charge in [-0.1, -0.05) is 20.8 Å². The molecule has 2 heterocycles. The van der Waals surface area contributed by atoms with E-state index in [1.54, 1.807) is 19.2 Å². The number of aliphatic hydroxyl groups is 1. The Bertz CT molecular complexity index is 1010. The average Bonchev–Trinajstić information content (AvgIpc) is 3.08. The van der Waals surface area contributed by atoms with Crippen molar-refractivity contribution in [2.45, 2.75) is 82.1 Å². The minimum Gasteiger partial charge on any atom is -0.504 e. The fourth-order valence-corrected chi connectivity index (χ4v) is 8.35. The normalized spacial score (nSPS) is 43.9. The number of nitrogens with one attached hydrogen (secondary N) is 1. The summed E-state index contributed by atoms with van der Waals surface area (Å²) in [5.74, 6) is 0.439. The molecule has 0 unspecified atom stereocenters. The molecule has 0 aromatic heterocycles. The summed E-state index contributed by atoms with van der Waals surface area (Å²) in [6.07, 6.45) is 2.76. The summed E-state index contributed by atoms with van der Waals surface area (Å²) in [5, 5.41) is 26.3. The highest BCUT2D eigenvalue weighted by molar-refractivity contribution is 6.06. The zero-order chi connectivity index (χ0) is 22.2. The van der Waals surface area contributed by atoms with E-state index >= 15 is 0 Å². The van der Waals surface area contributed by atoms with Crippen molar-refractivity contribution in [1.82, 2.24) is 5.32 Å². The number of carbonyl (C=O) groups excluding carboxylic acids is 1. The van der Waals surface area contributed by atoms with Gasteiger partial charge in [0.1, 0.15) is 11.7 Å². The first-order valence-electron chi connectivity index (χ1n) is 11.6. The molecule has 168 valence electrons. The van der Waals surface area contributed by atoms with Crippen molar-refractivity contribution in [2.75, 3.05) is 13.7 Å². The summed E-state index contributed by atoms with van der Waals surface area (Å²) in [5.41, 5.74) is -1.28. The van der Waals surface area contributed by atoms with Gasteiger partial charge in [0.15, 0.2) is 17.3 Å². The van der Waals surface area contributed by atoms with Crippen LogP contribution in [0, 0.1) is 16.7 Å². The maximum absolute atomic E-state index is 13.8. The molecule has 7 rings (SSSR count). The third-order valence-corrected chi connectivity index (χ3v) is 10.2. The second-order valence-corrected chi connectivity index (χ2v) is 11.8. The molecule has 2 aliphatic heterocycles. The van der Waals surface area contributed by atoms with Crippen molar-refractivity contribution in [3.63, 3.8) is 0 Å². The van der Waals surface area contributed by atoms with Crippen molar-refractivity contribution in [2.24, 2.45) is 16.7 Å². The number of piperidine rings is 1. The lowest BCUT2D eigenvalue weighted by Crippen LogP contribution is -2.83. The number of carbonyl (C=O) groups is 1. The van der Waals surface area contributed by atoms with Gasteiger partial charge in [0.2, 0.25) is 0 Å². The zero-order valence-corrected chi connectivity index (χ0v) is 19.0. The Morgan fingerprint density at radius 1 is 1.19 bits per heavy atom. The number of aromatic hydroxyl groups is 1. The molecule has 6 nitrogen and oxygen atoms in total. The highest BCUT2D eigenvalue weighted by atomic mass is 16.6. The molecule has 1 aromatic carbocycles. The van der Waals surface area contributed by atoms with Crippen molar-refractivity contribution in [3.05, 3.63) is 23.3 Å². The van der Waals surface area contributed by atoms with E-state index in [4.69, 9.17) is 9.47 Å². The minimum absolute atomic E-state index is 0.0900. The lowest BCUT2D eigenvalue weighted by molar-refractivity contribution is -0.299. The molecular weight excluding hydrogens is 394 g/mol. The standard InChI is InChI=1S/C25H33NO5/c1-21(2,3)22(4,29)15-12-23-8-9-25(15,30-5)20-24(23)10-11-26-19(23)17(28)13-6-7-14(27)18(31-20)16(13)24/h6-7,15,19-20,26-27,29H,8-12H2,1-5H3/t15-,19-,20-,22-,23-,24+,25-/m1/s1. The number of ether oxygens (including phenoxy) is 2.